The van der Waals surface area contributed by atoms with Gasteiger partial charge in [0.1, 0.15) is 5.75 Å². The fourth-order valence-corrected chi connectivity index (χ4v) is 4.95. The van der Waals surface area contributed by atoms with Gasteiger partial charge in [0.15, 0.2) is 5.78 Å². The molecule has 1 aliphatic carbocycles. The first-order chi connectivity index (χ1) is 13.1. The molecule has 2 aromatic carbocycles. The van der Waals surface area contributed by atoms with Gasteiger partial charge in [0.05, 0.1) is 12.6 Å². The Kier molecular flexibility index (Phi) is 6.47. The Bertz CT molecular complexity index is 823. The van der Waals surface area contributed by atoms with Gasteiger partial charge in [0.2, 0.25) is 0 Å². The van der Waals surface area contributed by atoms with Crippen molar-refractivity contribution in [2.24, 2.45) is 0 Å². The molecule has 0 amide bonds. The van der Waals surface area contributed by atoms with Crippen LogP contribution >= 0.6 is 12.4 Å². The third-order valence-corrected chi connectivity index (χ3v) is 6.52. The molecule has 2 aromatic rings. The molecule has 4 heteroatoms. The summed E-state index contributed by atoms with van der Waals surface area (Å²) in [5.74, 6) is 1.59. The predicted octanol–water partition coefficient (Wildman–Crippen LogP) is 5.27. The Morgan fingerprint density at radius 2 is 1.89 bits per heavy atom. The first kappa shape index (κ1) is 20.9. The number of ketones is 1. The fourth-order valence-electron chi connectivity index (χ4n) is 4.95. The van der Waals surface area contributed by atoms with Crippen molar-refractivity contribution in [3.8, 4) is 5.75 Å². The maximum atomic E-state index is 13.6. The number of fused-ring (bicyclic) bond motifs is 1. The van der Waals surface area contributed by atoms with Gasteiger partial charge in [0, 0.05) is 12.1 Å². The van der Waals surface area contributed by atoms with Crippen LogP contribution in [0.4, 0.5) is 0 Å². The van der Waals surface area contributed by atoms with Crippen molar-refractivity contribution in [2.75, 3.05) is 20.2 Å². The van der Waals surface area contributed by atoms with E-state index in [-0.39, 0.29) is 17.9 Å². The molecule has 1 spiro atoms. The second kappa shape index (κ2) is 8.67. The topological polar surface area (TPSA) is 29.5 Å². The number of likely N-dealkylation sites (tertiary alicyclic amines) is 1. The monoisotopic (exact) mass is 399 g/mol. The Balaban J connectivity index is 0.00000225. The highest BCUT2D eigenvalue weighted by Crippen LogP contribution is 2.41. The minimum Gasteiger partial charge on any atom is -0.497 e. The van der Waals surface area contributed by atoms with E-state index in [1.54, 1.807) is 7.11 Å². The minimum absolute atomic E-state index is 0. The number of Topliss-reactive ketones (excluding diaryl/α,β-unsaturated/α-hetero) is 1. The van der Waals surface area contributed by atoms with Crippen LogP contribution < -0.4 is 4.74 Å². The summed E-state index contributed by atoms with van der Waals surface area (Å²) in [6.07, 6.45) is 5.19. The van der Waals surface area contributed by atoms with Crippen LogP contribution in [0, 0.1) is 0 Å². The van der Waals surface area contributed by atoms with Crippen LogP contribution in [0.2, 0.25) is 0 Å². The number of carbonyl (C=O) groups is 1. The molecule has 0 radical (unpaired) electrons. The van der Waals surface area contributed by atoms with Gasteiger partial charge in [0.25, 0.3) is 0 Å². The van der Waals surface area contributed by atoms with E-state index in [9.17, 15) is 4.79 Å². The van der Waals surface area contributed by atoms with Gasteiger partial charge in [-0.1, -0.05) is 37.3 Å². The van der Waals surface area contributed by atoms with Gasteiger partial charge in [-0.3, -0.25) is 9.69 Å². The summed E-state index contributed by atoms with van der Waals surface area (Å²) < 4.78 is 5.35. The van der Waals surface area contributed by atoms with Gasteiger partial charge in [-0.15, -0.1) is 12.4 Å². The molecule has 1 aliphatic heterocycles. The number of benzene rings is 2. The van der Waals surface area contributed by atoms with Crippen LogP contribution in [0.5, 0.6) is 5.75 Å². The van der Waals surface area contributed by atoms with E-state index >= 15 is 0 Å². The normalized spacial score (nSPS) is 23.0. The Morgan fingerprint density at radius 3 is 2.64 bits per heavy atom. The lowest BCUT2D eigenvalue weighted by Gasteiger charge is -2.49. The molecule has 0 aromatic heterocycles. The van der Waals surface area contributed by atoms with Crippen LogP contribution in [-0.2, 0) is 6.42 Å². The summed E-state index contributed by atoms with van der Waals surface area (Å²) in [5, 5.41) is 0. The van der Waals surface area contributed by atoms with Gasteiger partial charge >= 0.3 is 0 Å². The highest BCUT2D eigenvalue weighted by atomic mass is 35.5. The number of nitrogens with zero attached hydrogens (tertiary/aromatic N) is 1. The summed E-state index contributed by atoms with van der Waals surface area (Å²) in [6.45, 7) is 4.25. The zero-order valence-electron chi connectivity index (χ0n) is 16.8. The summed E-state index contributed by atoms with van der Waals surface area (Å²) in [4.78, 5) is 16.1. The van der Waals surface area contributed by atoms with Crippen molar-refractivity contribution in [1.29, 1.82) is 0 Å². The molecule has 4 rings (SSSR count). The Labute approximate surface area is 174 Å². The fraction of sp³-hybridized carbons (Fsp3) is 0.458. The lowest BCUT2D eigenvalue weighted by Crippen LogP contribution is -2.59. The van der Waals surface area contributed by atoms with E-state index in [4.69, 9.17) is 4.74 Å². The third-order valence-electron chi connectivity index (χ3n) is 6.52. The van der Waals surface area contributed by atoms with E-state index in [1.807, 2.05) is 18.2 Å². The minimum atomic E-state index is -0.317. The highest BCUT2D eigenvalue weighted by molar-refractivity contribution is 6.05. The maximum absolute atomic E-state index is 13.6. The van der Waals surface area contributed by atoms with Crippen LogP contribution in [-0.4, -0.2) is 36.4 Å². The first-order valence-electron chi connectivity index (χ1n) is 10.2. The van der Waals surface area contributed by atoms with Gasteiger partial charge in [-0.25, -0.2) is 0 Å². The molecular weight excluding hydrogens is 370 g/mol. The van der Waals surface area contributed by atoms with Crippen molar-refractivity contribution in [3.63, 3.8) is 0 Å². The standard InChI is InChI=1S/C24H29NO2.ClH/c1-18(19-8-4-3-5-9-19)17-25-15-7-6-13-24(25)14-12-20-16-21(27-2)10-11-22(20)23(24)26;/h3-5,8-11,16,18H,6-7,12-15,17H2,1-2H3;1H. The second-order valence-electron chi connectivity index (χ2n) is 8.10. The SMILES string of the molecule is COc1ccc2c(c1)CCC1(CCCCN1CC(C)c1ccccc1)C2=O.Cl. The van der Waals surface area contributed by atoms with E-state index in [0.717, 1.165) is 55.6 Å². The smallest absolute Gasteiger partial charge is 0.183 e. The van der Waals surface area contributed by atoms with Crippen LogP contribution in [0.15, 0.2) is 48.5 Å². The summed E-state index contributed by atoms with van der Waals surface area (Å²) in [6, 6.07) is 16.6. The van der Waals surface area contributed by atoms with Crippen LogP contribution in [0.25, 0.3) is 0 Å². The molecule has 0 saturated carbocycles. The van der Waals surface area contributed by atoms with Gasteiger partial charge in [-0.2, -0.15) is 0 Å². The molecule has 0 N–H and O–H groups in total. The Morgan fingerprint density at radius 1 is 1.11 bits per heavy atom. The van der Waals surface area contributed by atoms with E-state index in [1.165, 1.54) is 12.0 Å². The average molecular weight is 400 g/mol. The van der Waals surface area contributed by atoms with Crippen molar-refractivity contribution in [3.05, 3.63) is 65.2 Å². The Hall–Kier alpha value is -1.84. The molecule has 1 fully saturated rings. The lowest BCUT2D eigenvalue weighted by molar-refractivity contribution is 0.0270. The van der Waals surface area contributed by atoms with E-state index in [0.29, 0.717) is 11.7 Å². The number of halogens is 1. The number of methoxy groups -OCH3 is 1. The molecule has 0 bridgehead atoms. The third kappa shape index (κ3) is 3.70. The molecule has 150 valence electrons. The molecule has 2 unspecified atom stereocenters. The zero-order valence-corrected chi connectivity index (χ0v) is 17.6. The molecular formula is C24H30ClNO2. The van der Waals surface area contributed by atoms with Crippen molar-refractivity contribution < 1.29 is 9.53 Å². The zero-order chi connectivity index (χ0) is 18.9. The predicted molar refractivity (Wildman–Crippen MR) is 116 cm³/mol. The summed E-state index contributed by atoms with van der Waals surface area (Å²) in [7, 11) is 1.68. The molecule has 2 aliphatic rings. The molecule has 1 heterocycles. The second-order valence-corrected chi connectivity index (χ2v) is 8.10. The lowest BCUT2D eigenvalue weighted by atomic mass is 9.71. The first-order valence-corrected chi connectivity index (χ1v) is 10.2. The van der Waals surface area contributed by atoms with Crippen LogP contribution in [0.1, 0.15) is 60.0 Å². The number of aryl methyl sites for hydroxylation is 1. The van der Waals surface area contributed by atoms with Gasteiger partial charge < -0.3 is 4.74 Å². The number of hydrogen-bond donors (Lipinski definition) is 0. The number of ether oxygens (including phenoxy) is 1. The largest absolute Gasteiger partial charge is 0.497 e. The molecule has 28 heavy (non-hydrogen) atoms. The quantitative estimate of drug-likeness (QED) is 0.700. The van der Waals surface area contributed by atoms with Crippen molar-refractivity contribution in [2.45, 2.75) is 50.5 Å². The van der Waals surface area contributed by atoms with E-state index < -0.39 is 0 Å². The van der Waals surface area contributed by atoms with Gasteiger partial charge in [-0.05, 0) is 73.9 Å². The molecule has 3 nitrogen and oxygen atoms in total. The van der Waals surface area contributed by atoms with Crippen molar-refractivity contribution >= 4 is 18.2 Å². The van der Waals surface area contributed by atoms with Crippen LogP contribution in [0.3, 0.4) is 0 Å². The maximum Gasteiger partial charge on any atom is 0.183 e. The summed E-state index contributed by atoms with van der Waals surface area (Å²) >= 11 is 0. The average Bonchev–Trinajstić information content (AvgIpc) is 2.72. The highest BCUT2D eigenvalue weighted by Gasteiger charge is 2.48. The molecule has 2 atom stereocenters. The summed E-state index contributed by atoms with van der Waals surface area (Å²) in [5.41, 5.74) is 3.09. The number of hydrogen-bond acceptors (Lipinski definition) is 3. The molecule has 1 saturated heterocycles. The number of carbonyl (C=O) groups excluding carboxylic acids is 1. The number of rotatable bonds is 4. The number of piperidine rings is 1. The van der Waals surface area contributed by atoms with E-state index in [2.05, 4.69) is 42.2 Å². The van der Waals surface area contributed by atoms with Crippen molar-refractivity contribution in [1.82, 2.24) is 4.90 Å².